The van der Waals surface area contributed by atoms with E-state index in [1.807, 2.05) is 0 Å². The summed E-state index contributed by atoms with van der Waals surface area (Å²) in [6.45, 7) is 2.92. The number of hydrogen-bond donors (Lipinski definition) is 1. The maximum Gasteiger partial charge on any atom is 0.309 e. The van der Waals surface area contributed by atoms with E-state index in [-0.39, 0.29) is 24.3 Å². The average molecular weight is 272 g/mol. The van der Waals surface area contributed by atoms with Gasteiger partial charge in [0.15, 0.2) is 6.29 Å². The summed E-state index contributed by atoms with van der Waals surface area (Å²) in [7, 11) is 0. The normalized spacial score (nSPS) is 35.9. The number of ether oxygens (including phenoxy) is 3. The summed E-state index contributed by atoms with van der Waals surface area (Å²) < 4.78 is 16.3. The summed E-state index contributed by atoms with van der Waals surface area (Å²) in [6.07, 6.45) is 3.91. The lowest BCUT2D eigenvalue weighted by atomic mass is 9.85. The van der Waals surface area contributed by atoms with Crippen molar-refractivity contribution in [2.45, 2.75) is 63.9 Å². The summed E-state index contributed by atoms with van der Waals surface area (Å²) in [5.74, 6) is -0.393. The second-order valence-corrected chi connectivity index (χ2v) is 5.30. The molecule has 0 bridgehead atoms. The van der Waals surface area contributed by atoms with Crippen LogP contribution in [0.4, 0.5) is 0 Å². The highest BCUT2D eigenvalue weighted by Crippen LogP contribution is 2.29. The molecule has 4 atom stereocenters. The summed E-state index contributed by atoms with van der Waals surface area (Å²) in [5.41, 5.74) is 0. The van der Waals surface area contributed by atoms with E-state index in [1.54, 1.807) is 6.92 Å². The van der Waals surface area contributed by atoms with Gasteiger partial charge in [0.25, 0.3) is 0 Å². The number of aliphatic hydroxyl groups excluding tert-OH is 1. The van der Waals surface area contributed by atoms with Crippen LogP contribution in [0.1, 0.15) is 45.4 Å². The molecule has 0 radical (unpaired) electrons. The van der Waals surface area contributed by atoms with Crippen molar-refractivity contribution in [1.29, 1.82) is 0 Å². The predicted molar refractivity (Wildman–Crippen MR) is 68.4 cm³/mol. The molecule has 2 aliphatic rings. The Bertz CT molecular complexity index is 288. The summed E-state index contributed by atoms with van der Waals surface area (Å²) in [5, 5.41) is 10.1. The highest BCUT2D eigenvalue weighted by atomic mass is 16.7. The van der Waals surface area contributed by atoms with Crippen LogP contribution in [0.25, 0.3) is 0 Å². The minimum Gasteiger partial charge on any atom is -0.466 e. The maximum absolute atomic E-state index is 11.6. The van der Waals surface area contributed by atoms with Crippen molar-refractivity contribution < 1.29 is 24.1 Å². The Morgan fingerprint density at radius 1 is 1.32 bits per heavy atom. The Morgan fingerprint density at radius 2 is 2.16 bits per heavy atom. The molecule has 1 aliphatic carbocycles. The Labute approximate surface area is 114 Å². The molecule has 19 heavy (non-hydrogen) atoms. The van der Waals surface area contributed by atoms with E-state index >= 15 is 0 Å². The molecule has 5 heteroatoms. The van der Waals surface area contributed by atoms with E-state index in [4.69, 9.17) is 14.2 Å². The zero-order valence-electron chi connectivity index (χ0n) is 11.5. The van der Waals surface area contributed by atoms with Gasteiger partial charge in [0.1, 0.15) is 0 Å². The molecular formula is C14H24O5. The molecule has 0 aromatic carbocycles. The van der Waals surface area contributed by atoms with Crippen LogP contribution < -0.4 is 0 Å². The van der Waals surface area contributed by atoms with Crippen LogP contribution in [0.5, 0.6) is 0 Å². The lowest BCUT2D eigenvalue weighted by Crippen LogP contribution is -2.41. The first-order valence-electron chi connectivity index (χ1n) is 7.32. The van der Waals surface area contributed by atoms with E-state index in [2.05, 4.69) is 0 Å². The second kappa shape index (κ2) is 7.22. The van der Waals surface area contributed by atoms with Gasteiger partial charge in [-0.3, -0.25) is 4.79 Å². The molecule has 1 saturated carbocycles. The van der Waals surface area contributed by atoms with E-state index in [9.17, 15) is 9.90 Å². The second-order valence-electron chi connectivity index (χ2n) is 5.30. The zero-order chi connectivity index (χ0) is 13.7. The van der Waals surface area contributed by atoms with Gasteiger partial charge in [-0.05, 0) is 45.4 Å². The van der Waals surface area contributed by atoms with Crippen LogP contribution in [0.2, 0.25) is 0 Å². The molecule has 1 saturated heterocycles. The molecule has 110 valence electrons. The number of carbonyl (C=O) groups is 1. The Morgan fingerprint density at radius 3 is 2.79 bits per heavy atom. The first-order valence-corrected chi connectivity index (χ1v) is 7.32. The van der Waals surface area contributed by atoms with Crippen LogP contribution in [0.15, 0.2) is 0 Å². The average Bonchev–Trinajstić information content (AvgIpc) is 2.42. The predicted octanol–water partition coefficient (Wildman–Crippen LogP) is 1.62. The SMILES string of the molecule is CCOC(=O)[C@H]1CC[C@H](OC2CCCCO2)[C@@H](O)C1. The first kappa shape index (κ1) is 14.8. The molecule has 5 nitrogen and oxygen atoms in total. The molecule has 2 fully saturated rings. The molecule has 0 amide bonds. The van der Waals surface area contributed by atoms with Crippen LogP contribution in [0.3, 0.4) is 0 Å². The van der Waals surface area contributed by atoms with E-state index < -0.39 is 6.10 Å². The first-order chi connectivity index (χ1) is 9.20. The number of rotatable bonds is 4. The fraction of sp³-hybridized carbons (Fsp3) is 0.929. The molecule has 1 aliphatic heterocycles. The van der Waals surface area contributed by atoms with Crippen molar-refractivity contribution in [2.75, 3.05) is 13.2 Å². The highest BCUT2D eigenvalue weighted by Gasteiger charge is 2.35. The van der Waals surface area contributed by atoms with E-state index in [0.717, 1.165) is 25.9 Å². The molecule has 2 rings (SSSR count). The molecule has 1 N–H and O–H groups in total. The van der Waals surface area contributed by atoms with Gasteiger partial charge in [0, 0.05) is 6.61 Å². The van der Waals surface area contributed by atoms with Crippen LogP contribution in [-0.4, -0.2) is 42.8 Å². The molecular weight excluding hydrogens is 248 g/mol. The summed E-state index contributed by atoms with van der Waals surface area (Å²) in [4.78, 5) is 11.6. The minimum absolute atomic E-state index is 0.187. The molecule has 0 spiro atoms. The third kappa shape index (κ3) is 4.16. The van der Waals surface area contributed by atoms with Gasteiger partial charge < -0.3 is 19.3 Å². The van der Waals surface area contributed by atoms with Crippen molar-refractivity contribution in [3.05, 3.63) is 0 Å². The van der Waals surface area contributed by atoms with Gasteiger partial charge in [0.2, 0.25) is 0 Å². The van der Waals surface area contributed by atoms with Crippen molar-refractivity contribution in [1.82, 2.24) is 0 Å². The smallest absolute Gasteiger partial charge is 0.309 e. The highest BCUT2D eigenvalue weighted by molar-refractivity contribution is 5.72. The van der Waals surface area contributed by atoms with E-state index in [0.29, 0.717) is 25.9 Å². The number of aliphatic hydroxyl groups is 1. The molecule has 1 heterocycles. The van der Waals surface area contributed by atoms with Crippen molar-refractivity contribution in [3.63, 3.8) is 0 Å². The Hall–Kier alpha value is -0.650. The largest absolute Gasteiger partial charge is 0.466 e. The van der Waals surface area contributed by atoms with Gasteiger partial charge >= 0.3 is 5.97 Å². The van der Waals surface area contributed by atoms with Crippen LogP contribution in [-0.2, 0) is 19.0 Å². The van der Waals surface area contributed by atoms with Crippen LogP contribution >= 0.6 is 0 Å². The number of esters is 1. The van der Waals surface area contributed by atoms with Gasteiger partial charge in [-0.2, -0.15) is 0 Å². The van der Waals surface area contributed by atoms with Crippen molar-refractivity contribution in [3.8, 4) is 0 Å². The number of hydrogen-bond acceptors (Lipinski definition) is 5. The Balaban J connectivity index is 1.77. The van der Waals surface area contributed by atoms with Gasteiger partial charge in [-0.25, -0.2) is 0 Å². The third-order valence-corrected chi connectivity index (χ3v) is 3.84. The van der Waals surface area contributed by atoms with Crippen LogP contribution in [0, 0.1) is 5.92 Å². The van der Waals surface area contributed by atoms with Crippen molar-refractivity contribution in [2.24, 2.45) is 5.92 Å². The topological polar surface area (TPSA) is 65.0 Å². The minimum atomic E-state index is -0.603. The lowest BCUT2D eigenvalue weighted by Gasteiger charge is -2.35. The van der Waals surface area contributed by atoms with Crippen molar-refractivity contribution >= 4 is 5.97 Å². The maximum atomic E-state index is 11.6. The van der Waals surface area contributed by atoms with Gasteiger partial charge in [0.05, 0.1) is 24.7 Å². The van der Waals surface area contributed by atoms with Gasteiger partial charge in [-0.15, -0.1) is 0 Å². The molecule has 1 unspecified atom stereocenters. The fourth-order valence-electron chi connectivity index (χ4n) is 2.77. The summed E-state index contributed by atoms with van der Waals surface area (Å²) >= 11 is 0. The monoisotopic (exact) mass is 272 g/mol. The summed E-state index contributed by atoms with van der Waals surface area (Å²) in [6, 6.07) is 0. The van der Waals surface area contributed by atoms with E-state index in [1.165, 1.54) is 0 Å². The molecule has 0 aromatic heterocycles. The zero-order valence-corrected chi connectivity index (χ0v) is 11.5. The fourth-order valence-corrected chi connectivity index (χ4v) is 2.77. The molecule has 0 aromatic rings. The standard InChI is InChI=1S/C14H24O5/c1-2-17-14(16)10-6-7-12(11(15)9-10)19-13-5-3-4-8-18-13/h10-13,15H,2-9H2,1H3/t10-,11-,12-,13?/m0/s1. The number of carbonyl (C=O) groups excluding carboxylic acids is 1. The third-order valence-electron chi connectivity index (χ3n) is 3.84. The Kier molecular flexibility index (Phi) is 5.60. The lowest BCUT2D eigenvalue weighted by molar-refractivity contribution is -0.216. The quantitative estimate of drug-likeness (QED) is 0.788. The van der Waals surface area contributed by atoms with Gasteiger partial charge in [-0.1, -0.05) is 0 Å².